The molecule has 1 aliphatic rings. The molecule has 3 nitrogen and oxygen atoms in total. The highest BCUT2D eigenvalue weighted by molar-refractivity contribution is 5.25. The van der Waals surface area contributed by atoms with Crippen LogP contribution in [0, 0.1) is 5.92 Å². The molecule has 0 aromatic carbocycles. The standard InChI is InChI=1S/C11H16N2O/c1-14-10-5-9(6-13-7-10)11(12)4-8-2-3-8/h5-8,11H,2-4,12H2,1H3. The van der Waals surface area contributed by atoms with Crippen LogP contribution in [0.3, 0.4) is 0 Å². The van der Waals surface area contributed by atoms with Crippen molar-refractivity contribution in [2.75, 3.05) is 7.11 Å². The largest absolute Gasteiger partial charge is 0.495 e. The van der Waals surface area contributed by atoms with Crippen molar-refractivity contribution in [2.24, 2.45) is 11.7 Å². The average Bonchev–Trinajstić information content (AvgIpc) is 3.02. The zero-order valence-electron chi connectivity index (χ0n) is 8.44. The topological polar surface area (TPSA) is 48.1 Å². The Labute approximate surface area is 84.3 Å². The maximum absolute atomic E-state index is 6.06. The van der Waals surface area contributed by atoms with Gasteiger partial charge in [-0.15, -0.1) is 0 Å². The minimum Gasteiger partial charge on any atom is -0.495 e. The molecule has 1 unspecified atom stereocenters. The van der Waals surface area contributed by atoms with Crippen molar-refractivity contribution in [3.05, 3.63) is 24.0 Å². The first-order valence-corrected chi connectivity index (χ1v) is 5.04. The van der Waals surface area contributed by atoms with Gasteiger partial charge in [0.2, 0.25) is 0 Å². The SMILES string of the molecule is COc1cncc(C(N)CC2CC2)c1. The number of methoxy groups -OCH3 is 1. The van der Waals surface area contributed by atoms with E-state index in [1.807, 2.05) is 12.3 Å². The molecule has 3 heteroatoms. The first-order chi connectivity index (χ1) is 6.79. The summed E-state index contributed by atoms with van der Waals surface area (Å²) in [6.07, 6.45) is 7.29. The number of hydrogen-bond donors (Lipinski definition) is 1. The summed E-state index contributed by atoms with van der Waals surface area (Å²) in [6.45, 7) is 0. The summed E-state index contributed by atoms with van der Waals surface area (Å²) in [4.78, 5) is 4.10. The summed E-state index contributed by atoms with van der Waals surface area (Å²) in [6, 6.07) is 2.09. The number of aromatic nitrogens is 1. The molecule has 0 radical (unpaired) electrons. The molecule has 1 saturated carbocycles. The van der Waals surface area contributed by atoms with Gasteiger partial charge in [0.25, 0.3) is 0 Å². The van der Waals surface area contributed by atoms with Crippen LogP contribution in [0.5, 0.6) is 5.75 Å². The molecule has 1 heterocycles. The molecule has 1 aromatic rings. The zero-order valence-corrected chi connectivity index (χ0v) is 8.44. The molecule has 0 bridgehead atoms. The van der Waals surface area contributed by atoms with Gasteiger partial charge >= 0.3 is 0 Å². The van der Waals surface area contributed by atoms with Gasteiger partial charge in [0, 0.05) is 12.2 Å². The van der Waals surface area contributed by atoms with Crippen molar-refractivity contribution in [3.8, 4) is 5.75 Å². The second kappa shape index (κ2) is 3.96. The van der Waals surface area contributed by atoms with Crippen LogP contribution in [-0.4, -0.2) is 12.1 Å². The fraction of sp³-hybridized carbons (Fsp3) is 0.545. The lowest BCUT2D eigenvalue weighted by Gasteiger charge is -2.11. The van der Waals surface area contributed by atoms with Crippen LogP contribution in [0.4, 0.5) is 0 Å². The van der Waals surface area contributed by atoms with E-state index in [2.05, 4.69) is 4.98 Å². The molecule has 1 atom stereocenters. The van der Waals surface area contributed by atoms with Gasteiger partial charge < -0.3 is 10.5 Å². The third-order valence-electron chi connectivity index (χ3n) is 2.68. The normalized spacial score (nSPS) is 17.9. The van der Waals surface area contributed by atoms with E-state index < -0.39 is 0 Å². The molecule has 2 N–H and O–H groups in total. The Balaban J connectivity index is 2.05. The van der Waals surface area contributed by atoms with Crippen LogP contribution in [0.1, 0.15) is 30.9 Å². The molecule has 76 valence electrons. The van der Waals surface area contributed by atoms with E-state index in [1.165, 1.54) is 12.8 Å². The van der Waals surface area contributed by atoms with E-state index in [0.29, 0.717) is 0 Å². The van der Waals surface area contributed by atoms with Crippen molar-refractivity contribution < 1.29 is 4.74 Å². The van der Waals surface area contributed by atoms with E-state index in [-0.39, 0.29) is 6.04 Å². The van der Waals surface area contributed by atoms with Crippen molar-refractivity contribution >= 4 is 0 Å². The molecule has 0 saturated heterocycles. The van der Waals surface area contributed by atoms with Crippen LogP contribution in [-0.2, 0) is 0 Å². The average molecular weight is 192 g/mol. The molecule has 0 spiro atoms. The maximum Gasteiger partial charge on any atom is 0.137 e. The van der Waals surface area contributed by atoms with Gasteiger partial charge in [-0.2, -0.15) is 0 Å². The lowest BCUT2D eigenvalue weighted by atomic mass is 10.0. The number of rotatable bonds is 4. The highest BCUT2D eigenvalue weighted by Gasteiger charge is 2.24. The van der Waals surface area contributed by atoms with E-state index in [9.17, 15) is 0 Å². The van der Waals surface area contributed by atoms with Crippen LogP contribution in [0.15, 0.2) is 18.5 Å². The molecular formula is C11H16N2O. The van der Waals surface area contributed by atoms with Crippen molar-refractivity contribution in [3.63, 3.8) is 0 Å². The Morgan fingerprint density at radius 3 is 3.00 bits per heavy atom. The van der Waals surface area contributed by atoms with Crippen molar-refractivity contribution in [1.82, 2.24) is 4.98 Å². The minimum absolute atomic E-state index is 0.116. The summed E-state index contributed by atoms with van der Waals surface area (Å²) >= 11 is 0. The minimum atomic E-state index is 0.116. The first-order valence-electron chi connectivity index (χ1n) is 5.04. The van der Waals surface area contributed by atoms with Gasteiger partial charge in [-0.1, -0.05) is 12.8 Å². The number of nitrogens with zero attached hydrogens (tertiary/aromatic N) is 1. The molecule has 2 rings (SSSR count). The summed E-state index contributed by atoms with van der Waals surface area (Å²) in [7, 11) is 1.65. The number of hydrogen-bond acceptors (Lipinski definition) is 3. The number of nitrogens with two attached hydrogens (primary N) is 1. The smallest absolute Gasteiger partial charge is 0.137 e. The van der Waals surface area contributed by atoms with Gasteiger partial charge in [-0.3, -0.25) is 4.98 Å². The molecule has 0 aliphatic heterocycles. The quantitative estimate of drug-likeness (QED) is 0.792. The van der Waals surface area contributed by atoms with Gasteiger partial charge in [-0.05, 0) is 24.0 Å². The Bertz CT molecular complexity index is 310. The Morgan fingerprint density at radius 2 is 2.36 bits per heavy atom. The monoisotopic (exact) mass is 192 g/mol. The second-order valence-corrected chi connectivity index (χ2v) is 3.94. The first kappa shape index (κ1) is 9.46. The van der Waals surface area contributed by atoms with Crippen LogP contribution < -0.4 is 10.5 Å². The highest BCUT2D eigenvalue weighted by atomic mass is 16.5. The van der Waals surface area contributed by atoms with E-state index >= 15 is 0 Å². The zero-order chi connectivity index (χ0) is 9.97. The third-order valence-corrected chi connectivity index (χ3v) is 2.68. The molecule has 1 fully saturated rings. The number of pyridine rings is 1. The second-order valence-electron chi connectivity index (χ2n) is 3.94. The molecule has 1 aromatic heterocycles. The Hall–Kier alpha value is -1.09. The summed E-state index contributed by atoms with van der Waals surface area (Å²) in [5.74, 6) is 1.63. The van der Waals surface area contributed by atoms with E-state index in [4.69, 9.17) is 10.5 Å². The van der Waals surface area contributed by atoms with Crippen LogP contribution >= 0.6 is 0 Å². The van der Waals surface area contributed by atoms with Crippen molar-refractivity contribution in [2.45, 2.75) is 25.3 Å². The maximum atomic E-state index is 6.06. The van der Waals surface area contributed by atoms with Crippen molar-refractivity contribution in [1.29, 1.82) is 0 Å². The van der Waals surface area contributed by atoms with Gasteiger partial charge in [0.15, 0.2) is 0 Å². The summed E-state index contributed by atoms with van der Waals surface area (Å²) < 4.78 is 5.11. The lowest BCUT2D eigenvalue weighted by Crippen LogP contribution is -2.11. The lowest BCUT2D eigenvalue weighted by molar-refractivity contribution is 0.411. The Kier molecular flexibility index (Phi) is 2.68. The predicted molar refractivity (Wildman–Crippen MR) is 55.1 cm³/mol. The van der Waals surface area contributed by atoms with Crippen LogP contribution in [0.2, 0.25) is 0 Å². The molecule has 14 heavy (non-hydrogen) atoms. The highest BCUT2D eigenvalue weighted by Crippen LogP contribution is 2.36. The molecule has 0 amide bonds. The van der Waals surface area contributed by atoms with Gasteiger partial charge in [-0.25, -0.2) is 0 Å². The fourth-order valence-corrected chi connectivity index (χ4v) is 1.60. The third kappa shape index (κ3) is 2.23. The Morgan fingerprint density at radius 1 is 1.57 bits per heavy atom. The molecular weight excluding hydrogens is 176 g/mol. The van der Waals surface area contributed by atoms with Crippen LogP contribution in [0.25, 0.3) is 0 Å². The van der Waals surface area contributed by atoms with Gasteiger partial charge in [0.1, 0.15) is 5.75 Å². The van der Waals surface area contributed by atoms with E-state index in [0.717, 1.165) is 23.7 Å². The molecule has 1 aliphatic carbocycles. The summed E-state index contributed by atoms with van der Waals surface area (Å²) in [5.41, 5.74) is 7.14. The summed E-state index contributed by atoms with van der Waals surface area (Å²) in [5, 5.41) is 0. The van der Waals surface area contributed by atoms with Gasteiger partial charge in [0.05, 0.1) is 13.3 Å². The van der Waals surface area contributed by atoms with E-state index in [1.54, 1.807) is 13.3 Å². The number of ether oxygens (including phenoxy) is 1. The predicted octanol–water partition coefficient (Wildman–Crippen LogP) is 1.89. The fourth-order valence-electron chi connectivity index (χ4n) is 1.60.